The lowest BCUT2D eigenvalue weighted by atomic mass is 9.93. The van der Waals surface area contributed by atoms with Gasteiger partial charge in [-0.3, -0.25) is 15.1 Å². The van der Waals surface area contributed by atoms with Crippen LogP contribution in [0.2, 0.25) is 0 Å². The number of pyridine rings is 1. The molecule has 4 aromatic rings. The van der Waals surface area contributed by atoms with Crippen molar-refractivity contribution in [2.75, 3.05) is 18.4 Å². The van der Waals surface area contributed by atoms with Crippen molar-refractivity contribution >= 4 is 22.9 Å². The Labute approximate surface area is 186 Å². The predicted octanol–water partition coefficient (Wildman–Crippen LogP) is 3.46. The number of hydrogen-bond donors (Lipinski definition) is 2. The van der Waals surface area contributed by atoms with Crippen LogP contribution in [0.5, 0.6) is 0 Å². The normalized spacial score (nSPS) is 14.6. The minimum absolute atomic E-state index is 0.275. The maximum atomic E-state index is 12.9. The monoisotopic (exact) mass is 430 g/mol. The minimum Gasteiger partial charge on any atom is -0.361 e. The molecule has 8 nitrogen and oxygen atoms in total. The molecule has 164 valence electrons. The Morgan fingerprint density at radius 1 is 1.16 bits per heavy atom. The molecule has 0 saturated carbocycles. The first kappa shape index (κ1) is 20.4. The van der Waals surface area contributed by atoms with Gasteiger partial charge in [-0.15, -0.1) is 0 Å². The molecule has 0 unspecified atom stereocenters. The smallest absolute Gasteiger partial charge is 0.280 e. The second-order valence-electron chi connectivity index (χ2n) is 8.18. The molecular weight excluding hydrogens is 404 g/mol. The maximum Gasteiger partial charge on any atom is 0.280 e. The van der Waals surface area contributed by atoms with Crippen LogP contribution in [0, 0.1) is 5.92 Å². The minimum atomic E-state index is -0.320. The summed E-state index contributed by atoms with van der Waals surface area (Å²) < 4.78 is 7.47. The van der Waals surface area contributed by atoms with E-state index in [0.717, 1.165) is 61.3 Å². The number of aryl methyl sites for hydroxylation is 2. The molecule has 1 saturated heterocycles. The number of nitrogens with zero attached hydrogens (tertiary/aromatic N) is 4. The lowest BCUT2D eigenvalue weighted by molar-refractivity contribution is 0.101. The highest BCUT2D eigenvalue weighted by atomic mass is 16.5. The molecule has 0 spiro atoms. The highest BCUT2D eigenvalue weighted by molar-refractivity contribution is 6.02. The highest BCUT2D eigenvalue weighted by Gasteiger charge is 2.20. The fourth-order valence-corrected chi connectivity index (χ4v) is 4.22. The fourth-order valence-electron chi connectivity index (χ4n) is 4.22. The number of piperidine rings is 1. The Bertz CT molecular complexity index is 1190. The van der Waals surface area contributed by atoms with Gasteiger partial charge in [-0.2, -0.15) is 0 Å². The van der Waals surface area contributed by atoms with Gasteiger partial charge in [0.2, 0.25) is 5.95 Å². The van der Waals surface area contributed by atoms with Gasteiger partial charge in [-0.1, -0.05) is 23.4 Å². The van der Waals surface area contributed by atoms with Gasteiger partial charge in [0.25, 0.3) is 5.91 Å². The number of hydrogen-bond acceptors (Lipinski definition) is 6. The molecule has 8 heteroatoms. The largest absolute Gasteiger partial charge is 0.361 e. The van der Waals surface area contributed by atoms with Crippen LogP contribution in [0.1, 0.15) is 34.8 Å². The highest BCUT2D eigenvalue weighted by Crippen LogP contribution is 2.22. The van der Waals surface area contributed by atoms with Crippen LogP contribution in [-0.4, -0.2) is 38.7 Å². The van der Waals surface area contributed by atoms with Crippen LogP contribution >= 0.6 is 0 Å². The van der Waals surface area contributed by atoms with E-state index in [1.807, 2.05) is 47.0 Å². The quantitative estimate of drug-likeness (QED) is 0.466. The topological polar surface area (TPSA) is 97.9 Å². The standard InChI is InChI=1S/C24H26N6O2/c31-23(21-16-19(32-29-21)15-17-8-12-25-13-9-17)28-24-27-20-6-1-2-7-22(20)30(24)14-10-18-5-3-4-11-26-18/h1-7,11,16-17,25H,8-10,12-15H2,(H,27,28,31). The van der Waals surface area contributed by atoms with E-state index >= 15 is 0 Å². The molecule has 0 radical (unpaired) electrons. The molecule has 3 aromatic heterocycles. The molecule has 0 bridgehead atoms. The van der Waals surface area contributed by atoms with Crippen molar-refractivity contribution in [1.29, 1.82) is 0 Å². The summed E-state index contributed by atoms with van der Waals surface area (Å²) in [7, 11) is 0. The number of amides is 1. The molecule has 1 amide bonds. The molecule has 32 heavy (non-hydrogen) atoms. The number of para-hydroxylation sites is 2. The van der Waals surface area contributed by atoms with E-state index in [-0.39, 0.29) is 11.6 Å². The molecule has 5 rings (SSSR count). The summed E-state index contributed by atoms with van der Waals surface area (Å²) >= 11 is 0. The van der Waals surface area contributed by atoms with Gasteiger partial charge in [-0.25, -0.2) is 4.98 Å². The van der Waals surface area contributed by atoms with E-state index in [9.17, 15) is 4.79 Å². The van der Waals surface area contributed by atoms with E-state index < -0.39 is 0 Å². The molecule has 2 N–H and O–H groups in total. The summed E-state index contributed by atoms with van der Waals surface area (Å²) in [5.41, 5.74) is 3.06. The molecular formula is C24H26N6O2. The van der Waals surface area contributed by atoms with Crippen molar-refractivity contribution in [2.45, 2.75) is 32.2 Å². The Balaban J connectivity index is 1.32. The lowest BCUT2D eigenvalue weighted by Gasteiger charge is -2.21. The molecule has 1 fully saturated rings. The maximum absolute atomic E-state index is 12.9. The first-order valence-electron chi connectivity index (χ1n) is 11.1. The van der Waals surface area contributed by atoms with Gasteiger partial charge in [0.05, 0.1) is 11.0 Å². The number of fused-ring (bicyclic) bond motifs is 1. The second kappa shape index (κ2) is 9.32. The lowest BCUT2D eigenvalue weighted by Crippen LogP contribution is -2.28. The van der Waals surface area contributed by atoms with E-state index in [1.165, 1.54) is 0 Å². The Hall–Kier alpha value is -3.52. The molecule has 0 atom stereocenters. The number of anilines is 1. The molecule has 1 aromatic carbocycles. The molecule has 4 heterocycles. The number of imidazole rings is 1. The van der Waals surface area contributed by atoms with E-state index in [4.69, 9.17) is 4.52 Å². The van der Waals surface area contributed by atoms with Crippen molar-refractivity contribution < 1.29 is 9.32 Å². The van der Waals surface area contributed by atoms with E-state index in [0.29, 0.717) is 18.4 Å². The number of benzene rings is 1. The number of nitrogens with one attached hydrogen (secondary N) is 2. The first-order valence-corrected chi connectivity index (χ1v) is 11.1. The third-order valence-corrected chi connectivity index (χ3v) is 5.94. The first-order chi connectivity index (χ1) is 15.8. The molecule has 1 aliphatic heterocycles. The second-order valence-corrected chi connectivity index (χ2v) is 8.18. The summed E-state index contributed by atoms with van der Waals surface area (Å²) in [5, 5.41) is 10.3. The van der Waals surface area contributed by atoms with Gasteiger partial charge in [0.1, 0.15) is 5.76 Å². The van der Waals surface area contributed by atoms with Gasteiger partial charge in [-0.05, 0) is 56.1 Å². The number of rotatable bonds is 7. The zero-order chi connectivity index (χ0) is 21.8. The average Bonchev–Trinajstić information content (AvgIpc) is 3.43. The summed E-state index contributed by atoms with van der Waals surface area (Å²) in [6, 6.07) is 15.5. The average molecular weight is 431 g/mol. The number of carbonyl (C=O) groups is 1. The Morgan fingerprint density at radius 3 is 2.84 bits per heavy atom. The van der Waals surface area contributed by atoms with Crippen molar-refractivity contribution in [1.82, 2.24) is 25.0 Å². The Kier molecular flexibility index (Phi) is 5.93. The summed E-state index contributed by atoms with van der Waals surface area (Å²) in [5.74, 6) is 1.50. The van der Waals surface area contributed by atoms with E-state index in [1.54, 1.807) is 12.3 Å². The zero-order valence-electron chi connectivity index (χ0n) is 17.8. The van der Waals surface area contributed by atoms with Gasteiger partial charge in [0, 0.05) is 37.3 Å². The van der Waals surface area contributed by atoms with Crippen molar-refractivity contribution in [3.8, 4) is 0 Å². The third-order valence-electron chi connectivity index (χ3n) is 5.94. The van der Waals surface area contributed by atoms with Crippen LogP contribution in [-0.2, 0) is 19.4 Å². The number of aromatic nitrogens is 4. The summed E-state index contributed by atoms with van der Waals surface area (Å²) in [4.78, 5) is 21.9. The van der Waals surface area contributed by atoms with Crippen LogP contribution < -0.4 is 10.6 Å². The third kappa shape index (κ3) is 4.55. The van der Waals surface area contributed by atoms with Gasteiger partial charge in [0.15, 0.2) is 5.69 Å². The van der Waals surface area contributed by atoms with Crippen molar-refractivity contribution in [3.05, 3.63) is 71.9 Å². The van der Waals surface area contributed by atoms with Gasteiger partial charge >= 0.3 is 0 Å². The van der Waals surface area contributed by atoms with Crippen molar-refractivity contribution in [2.24, 2.45) is 5.92 Å². The number of carbonyl (C=O) groups excluding carboxylic acids is 1. The predicted molar refractivity (Wildman–Crippen MR) is 121 cm³/mol. The van der Waals surface area contributed by atoms with Crippen LogP contribution in [0.4, 0.5) is 5.95 Å². The van der Waals surface area contributed by atoms with Crippen LogP contribution in [0.15, 0.2) is 59.3 Å². The summed E-state index contributed by atoms with van der Waals surface area (Å²) in [6.07, 6.45) is 5.56. The Morgan fingerprint density at radius 2 is 2.00 bits per heavy atom. The van der Waals surface area contributed by atoms with Crippen molar-refractivity contribution in [3.63, 3.8) is 0 Å². The zero-order valence-corrected chi connectivity index (χ0v) is 17.8. The van der Waals surface area contributed by atoms with Crippen LogP contribution in [0.3, 0.4) is 0 Å². The van der Waals surface area contributed by atoms with Gasteiger partial charge < -0.3 is 14.4 Å². The van der Waals surface area contributed by atoms with E-state index in [2.05, 4.69) is 25.8 Å². The van der Waals surface area contributed by atoms with Crippen LogP contribution in [0.25, 0.3) is 11.0 Å². The SMILES string of the molecule is O=C(Nc1nc2ccccc2n1CCc1ccccn1)c1cc(CC2CCNCC2)on1. The molecule has 0 aliphatic carbocycles. The fraction of sp³-hybridized carbons (Fsp3) is 0.333. The summed E-state index contributed by atoms with van der Waals surface area (Å²) in [6.45, 7) is 2.70. The molecule has 1 aliphatic rings.